The summed E-state index contributed by atoms with van der Waals surface area (Å²) >= 11 is 2.05. The summed E-state index contributed by atoms with van der Waals surface area (Å²) in [5.74, 6) is 3.22. The maximum atomic E-state index is 12.5. The number of likely N-dealkylation sites (tertiary alicyclic amines) is 1. The zero-order chi connectivity index (χ0) is 13.1. The Morgan fingerprint density at radius 3 is 2.58 bits per heavy atom. The average Bonchev–Trinajstić information content (AvgIpc) is 3.27. The van der Waals surface area contributed by atoms with Crippen molar-refractivity contribution in [2.75, 3.05) is 37.7 Å². The second-order valence-electron chi connectivity index (χ2n) is 6.25. The molecule has 4 heteroatoms. The first-order valence-corrected chi connectivity index (χ1v) is 9.10. The molecule has 0 aromatic rings. The van der Waals surface area contributed by atoms with Crippen LogP contribution < -0.4 is 0 Å². The number of rotatable bonds is 3. The molecule has 0 aromatic heterocycles. The molecule has 1 aliphatic carbocycles. The fourth-order valence-corrected chi connectivity index (χ4v) is 4.33. The molecule has 0 aromatic carbocycles. The van der Waals surface area contributed by atoms with E-state index in [1.807, 2.05) is 11.8 Å². The minimum absolute atomic E-state index is 0.381. The standard InChI is InChI=1S/C15H26N2OS/c18-15(13-5-6-13)17-9-4-10-19-12-14(17)11-16-7-2-1-3-8-16/h13-14H,1-12H2/t14-/m0/s1. The lowest BCUT2D eigenvalue weighted by molar-refractivity contribution is -0.134. The number of hydrogen-bond acceptors (Lipinski definition) is 3. The molecular weight excluding hydrogens is 256 g/mol. The zero-order valence-electron chi connectivity index (χ0n) is 11.9. The average molecular weight is 282 g/mol. The van der Waals surface area contributed by atoms with E-state index in [-0.39, 0.29) is 0 Å². The van der Waals surface area contributed by atoms with Gasteiger partial charge in [-0.3, -0.25) is 4.79 Å². The van der Waals surface area contributed by atoms with Gasteiger partial charge < -0.3 is 9.80 Å². The summed E-state index contributed by atoms with van der Waals surface area (Å²) in [4.78, 5) is 17.3. The topological polar surface area (TPSA) is 23.6 Å². The SMILES string of the molecule is O=C(C1CC1)N1CCCSC[C@@H]1CN1CCCCC1. The minimum Gasteiger partial charge on any atom is -0.337 e. The normalized spacial score (nSPS) is 30.1. The summed E-state index contributed by atoms with van der Waals surface area (Å²) in [7, 11) is 0. The van der Waals surface area contributed by atoms with Crippen molar-refractivity contribution in [3.05, 3.63) is 0 Å². The van der Waals surface area contributed by atoms with Gasteiger partial charge in [0.1, 0.15) is 0 Å². The monoisotopic (exact) mass is 282 g/mol. The summed E-state index contributed by atoms with van der Waals surface area (Å²) in [6.45, 7) is 4.60. The molecule has 0 unspecified atom stereocenters. The van der Waals surface area contributed by atoms with Crippen molar-refractivity contribution in [1.82, 2.24) is 9.80 Å². The van der Waals surface area contributed by atoms with Gasteiger partial charge in [-0.15, -0.1) is 0 Å². The van der Waals surface area contributed by atoms with E-state index in [1.165, 1.54) is 44.5 Å². The summed E-state index contributed by atoms with van der Waals surface area (Å²) in [5.41, 5.74) is 0. The Morgan fingerprint density at radius 1 is 1.05 bits per heavy atom. The number of carbonyl (C=O) groups excluding carboxylic acids is 1. The van der Waals surface area contributed by atoms with Crippen molar-refractivity contribution in [3.8, 4) is 0 Å². The lowest BCUT2D eigenvalue weighted by Crippen LogP contribution is -2.49. The van der Waals surface area contributed by atoms with Crippen LogP contribution >= 0.6 is 11.8 Å². The Bertz CT molecular complexity index is 313. The van der Waals surface area contributed by atoms with E-state index in [2.05, 4.69) is 9.80 Å². The van der Waals surface area contributed by atoms with Crippen LogP contribution in [0.1, 0.15) is 38.5 Å². The lowest BCUT2D eigenvalue weighted by atomic mass is 10.1. The third-order valence-electron chi connectivity index (χ3n) is 4.57. The molecule has 0 bridgehead atoms. The van der Waals surface area contributed by atoms with Crippen molar-refractivity contribution in [1.29, 1.82) is 0 Å². The van der Waals surface area contributed by atoms with Crippen LogP contribution in [0.3, 0.4) is 0 Å². The molecule has 0 N–H and O–H groups in total. The van der Waals surface area contributed by atoms with Gasteiger partial charge in [0, 0.05) is 24.8 Å². The fraction of sp³-hybridized carbons (Fsp3) is 0.933. The summed E-state index contributed by atoms with van der Waals surface area (Å²) in [6, 6.07) is 0.471. The molecule has 1 atom stereocenters. The first-order valence-electron chi connectivity index (χ1n) is 7.95. The van der Waals surface area contributed by atoms with Crippen molar-refractivity contribution in [3.63, 3.8) is 0 Å². The zero-order valence-corrected chi connectivity index (χ0v) is 12.7. The van der Waals surface area contributed by atoms with Gasteiger partial charge in [-0.1, -0.05) is 6.42 Å². The first-order chi connectivity index (χ1) is 9.34. The predicted molar refractivity (Wildman–Crippen MR) is 80.5 cm³/mol. The van der Waals surface area contributed by atoms with Gasteiger partial charge in [0.2, 0.25) is 5.91 Å². The Kier molecular flexibility index (Phi) is 4.69. The first kappa shape index (κ1) is 13.7. The Labute approximate surface area is 121 Å². The molecule has 2 heterocycles. The number of thioether (sulfide) groups is 1. The van der Waals surface area contributed by atoms with Gasteiger partial charge in [-0.25, -0.2) is 0 Å². The highest BCUT2D eigenvalue weighted by Gasteiger charge is 2.37. The summed E-state index contributed by atoms with van der Waals surface area (Å²) in [6.07, 6.45) is 7.53. The highest BCUT2D eigenvalue weighted by Crippen LogP contribution is 2.33. The maximum absolute atomic E-state index is 12.5. The highest BCUT2D eigenvalue weighted by atomic mass is 32.2. The van der Waals surface area contributed by atoms with Crippen LogP contribution in [0.2, 0.25) is 0 Å². The van der Waals surface area contributed by atoms with Gasteiger partial charge in [0.05, 0.1) is 6.04 Å². The number of amides is 1. The van der Waals surface area contributed by atoms with E-state index >= 15 is 0 Å². The van der Waals surface area contributed by atoms with E-state index in [4.69, 9.17) is 0 Å². The van der Waals surface area contributed by atoms with Gasteiger partial charge in [-0.05, 0) is 50.9 Å². The molecule has 3 fully saturated rings. The highest BCUT2D eigenvalue weighted by molar-refractivity contribution is 7.99. The van der Waals surface area contributed by atoms with Crippen LogP contribution in [0.4, 0.5) is 0 Å². The van der Waals surface area contributed by atoms with E-state index in [9.17, 15) is 4.79 Å². The second kappa shape index (κ2) is 6.49. The summed E-state index contributed by atoms with van der Waals surface area (Å²) in [5, 5.41) is 0. The number of nitrogens with zero attached hydrogens (tertiary/aromatic N) is 2. The van der Waals surface area contributed by atoms with Crippen molar-refractivity contribution >= 4 is 17.7 Å². The quantitative estimate of drug-likeness (QED) is 0.793. The van der Waals surface area contributed by atoms with Crippen molar-refractivity contribution < 1.29 is 4.79 Å². The van der Waals surface area contributed by atoms with E-state index in [0.717, 1.165) is 31.7 Å². The molecule has 1 saturated carbocycles. The minimum atomic E-state index is 0.381. The number of piperidine rings is 1. The van der Waals surface area contributed by atoms with Crippen LogP contribution in [-0.4, -0.2) is 59.4 Å². The van der Waals surface area contributed by atoms with E-state index in [0.29, 0.717) is 17.9 Å². The third kappa shape index (κ3) is 3.66. The van der Waals surface area contributed by atoms with Gasteiger partial charge in [-0.2, -0.15) is 11.8 Å². The van der Waals surface area contributed by atoms with Crippen LogP contribution in [0.25, 0.3) is 0 Å². The smallest absolute Gasteiger partial charge is 0.226 e. The van der Waals surface area contributed by atoms with E-state index < -0.39 is 0 Å². The molecule has 0 radical (unpaired) electrons. The Hall–Kier alpha value is -0.220. The van der Waals surface area contributed by atoms with Gasteiger partial charge >= 0.3 is 0 Å². The molecule has 0 spiro atoms. The van der Waals surface area contributed by atoms with Crippen molar-refractivity contribution in [2.24, 2.45) is 5.92 Å². The van der Waals surface area contributed by atoms with Crippen LogP contribution in [0.5, 0.6) is 0 Å². The van der Waals surface area contributed by atoms with Gasteiger partial charge in [0.25, 0.3) is 0 Å². The van der Waals surface area contributed by atoms with Crippen LogP contribution in [0, 0.1) is 5.92 Å². The molecule has 3 rings (SSSR count). The largest absolute Gasteiger partial charge is 0.337 e. The number of carbonyl (C=O) groups is 1. The molecule has 2 aliphatic heterocycles. The predicted octanol–water partition coefficient (Wildman–Crippen LogP) is 2.22. The fourth-order valence-electron chi connectivity index (χ4n) is 3.28. The summed E-state index contributed by atoms with van der Waals surface area (Å²) < 4.78 is 0. The molecule has 108 valence electrons. The molecule has 1 amide bonds. The second-order valence-corrected chi connectivity index (χ2v) is 7.40. The molecule has 3 aliphatic rings. The Morgan fingerprint density at radius 2 is 1.84 bits per heavy atom. The third-order valence-corrected chi connectivity index (χ3v) is 5.76. The van der Waals surface area contributed by atoms with E-state index in [1.54, 1.807) is 0 Å². The Balaban J connectivity index is 1.61. The molecule has 2 saturated heterocycles. The van der Waals surface area contributed by atoms with Gasteiger partial charge in [0.15, 0.2) is 0 Å². The molecule has 3 nitrogen and oxygen atoms in total. The molecule has 19 heavy (non-hydrogen) atoms. The molecular formula is C15H26N2OS. The van der Waals surface area contributed by atoms with Crippen LogP contribution in [-0.2, 0) is 4.79 Å². The number of hydrogen-bond donors (Lipinski definition) is 0. The van der Waals surface area contributed by atoms with Crippen molar-refractivity contribution in [2.45, 2.75) is 44.6 Å². The maximum Gasteiger partial charge on any atom is 0.226 e. The van der Waals surface area contributed by atoms with Crippen LogP contribution in [0.15, 0.2) is 0 Å². The lowest BCUT2D eigenvalue weighted by Gasteiger charge is -2.36.